The van der Waals surface area contributed by atoms with Crippen molar-refractivity contribution in [2.75, 3.05) is 44.4 Å². The molecule has 32 heavy (non-hydrogen) atoms. The molecule has 0 spiro atoms. The predicted octanol–water partition coefficient (Wildman–Crippen LogP) is 3.66. The van der Waals surface area contributed by atoms with Crippen molar-refractivity contribution in [2.45, 2.75) is 25.8 Å². The first-order valence-electron chi connectivity index (χ1n) is 10.7. The molecule has 1 aliphatic carbocycles. The van der Waals surface area contributed by atoms with Crippen molar-refractivity contribution >= 4 is 40.8 Å². The average Bonchev–Trinajstić information content (AvgIpc) is 2.88. The van der Waals surface area contributed by atoms with E-state index in [1.165, 1.54) is 4.74 Å². The van der Waals surface area contributed by atoms with Crippen LogP contribution in [-0.2, 0) is 6.54 Å². The van der Waals surface area contributed by atoms with Gasteiger partial charge in [-0.1, -0.05) is 11.6 Å². The van der Waals surface area contributed by atoms with Gasteiger partial charge in [-0.05, 0) is 62.5 Å². The van der Waals surface area contributed by atoms with Gasteiger partial charge in [-0.25, -0.2) is 15.0 Å². The lowest BCUT2D eigenvalue weighted by molar-refractivity contribution is -0.787. The molecule has 0 atom stereocenters. The molecule has 0 bridgehead atoms. The van der Waals surface area contributed by atoms with Gasteiger partial charge in [-0.15, -0.1) is 0 Å². The molecule has 2 aromatic rings. The number of anilines is 3. The first-order chi connectivity index (χ1) is 15.4. The molecular formula is C23H29ClN7O+. The van der Waals surface area contributed by atoms with Crippen molar-refractivity contribution in [3.8, 4) is 0 Å². The largest absolute Gasteiger partial charge is 0.360 e. The highest BCUT2D eigenvalue weighted by molar-refractivity contribution is 6.31. The van der Waals surface area contributed by atoms with Crippen molar-refractivity contribution in [3.05, 3.63) is 52.5 Å². The number of pyridine rings is 1. The molecule has 0 aromatic carbocycles. The molecule has 9 heteroatoms. The van der Waals surface area contributed by atoms with Crippen LogP contribution in [0.3, 0.4) is 0 Å². The van der Waals surface area contributed by atoms with E-state index in [1.54, 1.807) is 12.4 Å². The zero-order chi connectivity index (χ0) is 22.7. The van der Waals surface area contributed by atoms with E-state index in [9.17, 15) is 5.21 Å². The van der Waals surface area contributed by atoms with Crippen molar-refractivity contribution in [1.29, 1.82) is 0 Å². The summed E-state index contributed by atoms with van der Waals surface area (Å²) >= 11 is 6.23. The van der Waals surface area contributed by atoms with Crippen LogP contribution in [-0.4, -0.2) is 69.7 Å². The van der Waals surface area contributed by atoms with Crippen LogP contribution in [0.15, 0.2) is 41.2 Å². The van der Waals surface area contributed by atoms with Crippen molar-refractivity contribution < 1.29 is 9.95 Å². The maximum Gasteiger partial charge on any atom is 0.235 e. The Hall–Kier alpha value is -2.97. The Morgan fingerprint density at radius 3 is 2.69 bits per heavy atom. The van der Waals surface area contributed by atoms with E-state index in [1.807, 2.05) is 24.3 Å². The highest BCUT2D eigenvalue weighted by Gasteiger charge is 2.28. The molecule has 2 aliphatic rings. The Bertz CT molecular complexity index is 1080. The van der Waals surface area contributed by atoms with Crippen LogP contribution in [0, 0.1) is 0 Å². The zero-order valence-electron chi connectivity index (χ0n) is 18.7. The number of rotatable bonds is 7. The van der Waals surface area contributed by atoms with E-state index in [0.29, 0.717) is 18.9 Å². The summed E-state index contributed by atoms with van der Waals surface area (Å²) in [6, 6.07) is 3.96. The summed E-state index contributed by atoms with van der Waals surface area (Å²) < 4.78 is 1.27. The predicted molar refractivity (Wildman–Crippen MR) is 128 cm³/mol. The summed E-state index contributed by atoms with van der Waals surface area (Å²) in [6.45, 7) is 2.33. The number of hydrogen-bond donors (Lipinski definition) is 2. The first-order valence-corrected chi connectivity index (χ1v) is 11.1. The van der Waals surface area contributed by atoms with Gasteiger partial charge in [-0.3, -0.25) is 5.21 Å². The van der Waals surface area contributed by atoms with Crippen LogP contribution in [0.25, 0.3) is 6.08 Å². The van der Waals surface area contributed by atoms with Crippen molar-refractivity contribution in [1.82, 2.24) is 19.9 Å². The molecule has 8 nitrogen and oxygen atoms in total. The van der Waals surface area contributed by atoms with Crippen molar-refractivity contribution in [2.24, 2.45) is 0 Å². The van der Waals surface area contributed by atoms with Gasteiger partial charge in [0.1, 0.15) is 5.82 Å². The third-order valence-electron chi connectivity index (χ3n) is 5.56. The second-order valence-electron chi connectivity index (χ2n) is 8.41. The van der Waals surface area contributed by atoms with Gasteiger partial charge in [0.05, 0.1) is 23.1 Å². The lowest BCUT2D eigenvalue weighted by Crippen LogP contribution is -2.23. The molecular weight excluding hydrogens is 426 g/mol. The number of hydrogen-bond acceptors (Lipinski definition) is 7. The molecule has 0 unspecified atom stereocenters. The van der Waals surface area contributed by atoms with Gasteiger partial charge < -0.3 is 15.1 Å². The topological polar surface area (TPSA) is 80.4 Å². The zero-order valence-corrected chi connectivity index (χ0v) is 19.5. The van der Waals surface area contributed by atoms with E-state index < -0.39 is 0 Å². The summed E-state index contributed by atoms with van der Waals surface area (Å²) in [5.74, 6) is 1.40. The lowest BCUT2D eigenvalue weighted by Gasteiger charge is -2.19. The summed E-state index contributed by atoms with van der Waals surface area (Å²) in [4.78, 5) is 18.0. The Morgan fingerprint density at radius 2 is 1.94 bits per heavy atom. The number of hydroxylamine groups is 1. The SMILES string of the molecule is CN(C)CCCN(C)c1ccc(Nc2ncc3c(n2)C=C2C=C(Cl)CCC2=[N+](O)C3)cn1. The first kappa shape index (κ1) is 22.2. The Balaban J connectivity index is 1.48. The van der Waals surface area contributed by atoms with Crippen molar-refractivity contribution in [3.63, 3.8) is 0 Å². The summed E-state index contributed by atoms with van der Waals surface area (Å²) in [5, 5.41) is 14.5. The van der Waals surface area contributed by atoms with Gasteiger partial charge in [0.25, 0.3) is 0 Å². The van der Waals surface area contributed by atoms with Crippen LogP contribution >= 0.6 is 11.6 Å². The Labute approximate surface area is 193 Å². The molecule has 0 radical (unpaired) electrons. The highest BCUT2D eigenvalue weighted by Crippen LogP contribution is 2.28. The third-order valence-corrected chi connectivity index (χ3v) is 5.86. The Morgan fingerprint density at radius 1 is 1.09 bits per heavy atom. The van der Waals surface area contributed by atoms with Gasteiger partial charge in [-0.2, -0.15) is 0 Å². The fourth-order valence-electron chi connectivity index (χ4n) is 3.79. The van der Waals surface area contributed by atoms with Crippen LogP contribution in [0.2, 0.25) is 0 Å². The maximum atomic E-state index is 10.5. The fraction of sp³-hybridized carbons (Fsp3) is 0.391. The molecule has 1 aliphatic heterocycles. The van der Waals surface area contributed by atoms with Gasteiger partial charge in [0.15, 0.2) is 0 Å². The number of aromatic nitrogens is 3. The molecule has 0 saturated carbocycles. The number of fused-ring (bicyclic) bond motifs is 2. The second-order valence-corrected chi connectivity index (χ2v) is 8.89. The standard InChI is InChI=1S/C23H29ClN7O/c1-29(2)9-4-10-30(3)22-8-6-19(14-25-22)27-23-26-13-17-15-31(32)21-7-5-18(24)11-16(21)12-20(17)28-23/h6,8,11-14,32H,4-5,7,9-10,15H2,1-3H3,(H,26,27,28)/q+1. The minimum absolute atomic E-state index is 0.340. The van der Waals surface area contributed by atoms with E-state index in [0.717, 1.165) is 65.0 Å². The van der Waals surface area contributed by atoms with Gasteiger partial charge in [0, 0.05) is 36.8 Å². The number of halogens is 1. The van der Waals surface area contributed by atoms with Crippen LogP contribution in [0.5, 0.6) is 0 Å². The summed E-state index contributed by atoms with van der Waals surface area (Å²) in [5.41, 5.74) is 4.17. The van der Waals surface area contributed by atoms with E-state index in [4.69, 9.17) is 11.6 Å². The summed E-state index contributed by atoms with van der Waals surface area (Å²) in [7, 11) is 6.21. The normalized spacial score (nSPS) is 15.5. The molecule has 168 valence electrons. The molecule has 0 amide bonds. The second kappa shape index (κ2) is 9.67. The minimum atomic E-state index is 0.340. The number of nitrogens with zero attached hydrogens (tertiary/aromatic N) is 6. The molecule has 2 N–H and O–H groups in total. The van der Waals surface area contributed by atoms with E-state index >= 15 is 0 Å². The lowest BCUT2D eigenvalue weighted by atomic mass is 9.98. The molecule has 0 fully saturated rings. The smallest absolute Gasteiger partial charge is 0.235 e. The van der Waals surface area contributed by atoms with E-state index in [-0.39, 0.29) is 0 Å². The number of allylic oxidation sites excluding steroid dienone is 3. The molecule has 2 aromatic heterocycles. The van der Waals surface area contributed by atoms with Crippen LogP contribution in [0.1, 0.15) is 30.5 Å². The molecule has 4 rings (SSSR count). The monoisotopic (exact) mass is 454 g/mol. The third kappa shape index (κ3) is 5.26. The van der Waals surface area contributed by atoms with Gasteiger partial charge >= 0.3 is 0 Å². The maximum absolute atomic E-state index is 10.5. The molecule has 0 saturated heterocycles. The molecule has 3 heterocycles. The van der Waals surface area contributed by atoms with Crippen LogP contribution in [0.4, 0.5) is 17.5 Å². The van der Waals surface area contributed by atoms with Gasteiger partial charge in [0.2, 0.25) is 18.2 Å². The van der Waals surface area contributed by atoms with Crippen LogP contribution < -0.4 is 10.2 Å². The van der Waals surface area contributed by atoms with E-state index in [2.05, 4.69) is 51.2 Å². The number of nitrogens with one attached hydrogen (secondary N) is 1. The average molecular weight is 455 g/mol. The summed E-state index contributed by atoms with van der Waals surface area (Å²) in [6.07, 6.45) is 9.89. The Kier molecular flexibility index (Phi) is 6.72. The minimum Gasteiger partial charge on any atom is -0.360 e. The quantitative estimate of drug-likeness (QED) is 0.488. The fourth-order valence-corrected chi connectivity index (χ4v) is 4.01. The highest BCUT2D eigenvalue weighted by atomic mass is 35.5.